The Balaban J connectivity index is 2.33. The molecule has 2 aromatic heterocycles. The minimum atomic E-state index is -4.46. The van der Waals surface area contributed by atoms with E-state index < -0.39 is 26.6 Å². The molecule has 0 radical (unpaired) electrons. The Morgan fingerprint density at radius 3 is 2.50 bits per heavy atom. The average Bonchev–Trinajstić information content (AvgIpc) is 2.82. The van der Waals surface area contributed by atoms with Crippen LogP contribution in [0.15, 0.2) is 41.9 Å². The third-order valence-corrected chi connectivity index (χ3v) is 4.35. The molecule has 0 N–H and O–H groups in total. The van der Waals surface area contributed by atoms with Gasteiger partial charge >= 0.3 is 0 Å². The molecule has 9 heteroatoms. The Kier molecular flexibility index (Phi) is 2.71. The van der Waals surface area contributed by atoms with E-state index in [1.807, 2.05) is 0 Å². The van der Waals surface area contributed by atoms with Crippen LogP contribution in [0, 0.1) is 11.6 Å². The van der Waals surface area contributed by atoms with E-state index in [9.17, 15) is 17.2 Å². The summed E-state index contributed by atoms with van der Waals surface area (Å²) in [5.41, 5.74) is 0.149. The lowest BCUT2D eigenvalue weighted by Gasteiger charge is -2.07. The van der Waals surface area contributed by atoms with Crippen LogP contribution in [0.25, 0.3) is 11.2 Å². The average molecular weight is 296 g/mol. The van der Waals surface area contributed by atoms with Crippen molar-refractivity contribution < 1.29 is 17.2 Å². The van der Waals surface area contributed by atoms with Gasteiger partial charge in [-0.2, -0.15) is 0 Å². The van der Waals surface area contributed by atoms with Gasteiger partial charge in [0.1, 0.15) is 29.8 Å². The molecule has 0 bridgehead atoms. The number of rotatable bonds is 2. The van der Waals surface area contributed by atoms with Gasteiger partial charge < -0.3 is 0 Å². The van der Waals surface area contributed by atoms with E-state index in [4.69, 9.17) is 0 Å². The van der Waals surface area contributed by atoms with Gasteiger partial charge in [-0.25, -0.2) is 36.1 Å². The number of halogens is 2. The number of hydrogen-bond acceptors (Lipinski definition) is 5. The van der Waals surface area contributed by atoms with Crippen molar-refractivity contribution in [3.63, 3.8) is 0 Å². The number of benzene rings is 1. The largest absolute Gasteiger partial charge is 0.275 e. The van der Waals surface area contributed by atoms with Gasteiger partial charge in [-0.15, -0.1) is 0 Å². The Bertz CT molecular complexity index is 887. The third-order valence-electron chi connectivity index (χ3n) is 2.63. The van der Waals surface area contributed by atoms with Crippen LogP contribution in [-0.4, -0.2) is 27.3 Å². The summed E-state index contributed by atoms with van der Waals surface area (Å²) in [4.78, 5) is 10.2. The summed E-state index contributed by atoms with van der Waals surface area (Å²) in [6, 6.07) is 2.82. The lowest BCUT2D eigenvalue weighted by Crippen LogP contribution is -2.15. The molecule has 3 aromatic rings. The Morgan fingerprint density at radius 1 is 1.10 bits per heavy atom. The number of aromatic nitrogens is 4. The number of imidazole rings is 1. The van der Waals surface area contributed by atoms with E-state index in [1.165, 1.54) is 12.5 Å². The smallest absolute Gasteiger partial charge is 0.242 e. The SMILES string of the molecule is O=S(=O)(c1c(F)cccc1F)n1cnc2ncncc21. The Morgan fingerprint density at radius 2 is 1.80 bits per heavy atom. The molecule has 0 amide bonds. The summed E-state index contributed by atoms with van der Waals surface area (Å²) in [7, 11) is -4.46. The van der Waals surface area contributed by atoms with Crippen LogP contribution in [-0.2, 0) is 10.0 Å². The zero-order valence-electron chi connectivity index (χ0n) is 9.73. The highest BCUT2D eigenvalue weighted by molar-refractivity contribution is 7.90. The first-order valence-corrected chi connectivity index (χ1v) is 6.78. The normalized spacial score (nSPS) is 11.9. The van der Waals surface area contributed by atoms with Crippen molar-refractivity contribution in [1.29, 1.82) is 0 Å². The number of nitrogens with zero attached hydrogens (tertiary/aromatic N) is 4. The maximum Gasteiger partial charge on any atom is 0.275 e. The molecule has 0 saturated heterocycles. The second kappa shape index (κ2) is 4.30. The van der Waals surface area contributed by atoms with E-state index in [2.05, 4.69) is 15.0 Å². The van der Waals surface area contributed by atoms with Crippen molar-refractivity contribution >= 4 is 21.2 Å². The van der Waals surface area contributed by atoms with E-state index in [1.54, 1.807) is 0 Å². The molecule has 0 fully saturated rings. The molecule has 3 rings (SSSR count). The third kappa shape index (κ3) is 1.74. The Labute approximate surface area is 111 Å². The number of hydrogen-bond donors (Lipinski definition) is 0. The van der Waals surface area contributed by atoms with Crippen LogP contribution in [0.1, 0.15) is 0 Å². The standard InChI is InChI=1S/C11H6F2N4O2S/c12-7-2-1-3-8(13)10(7)20(18,19)17-6-16-11-9(17)4-14-5-15-11/h1-6H. The lowest BCUT2D eigenvalue weighted by molar-refractivity contribution is 0.516. The van der Waals surface area contributed by atoms with Crippen LogP contribution >= 0.6 is 0 Å². The second-order valence-corrected chi connectivity index (χ2v) is 5.58. The van der Waals surface area contributed by atoms with Crippen molar-refractivity contribution in [2.45, 2.75) is 4.90 Å². The predicted molar refractivity (Wildman–Crippen MR) is 64.3 cm³/mol. The summed E-state index contributed by atoms with van der Waals surface area (Å²) in [6.07, 6.45) is 3.32. The van der Waals surface area contributed by atoms with Crippen LogP contribution in [0.5, 0.6) is 0 Å². The van der Waals surface area contributed by atoms with Gasteiger partial charge in [0, 0.05) is 0 Å². The van der Waals surface area contributed by atoms with E-state index in [-0.39, 0.29) is 11.2 Å². The van der Waals surface area contributed by atoms with Gasteiger partial charge in [-0.3, -0.25) is 0 Å². The molecule has 2 heterocycles. The summed E-state index contributed by atoms with van der Waals surface area (Å²) >= 11 is 0. The van der Waals surface area contributed by atoms with Crippen molar-refractivity contribution in [2.24, 2.45) is 0 Å². The molecule has 0 aliphatic heterocycles. The van der Waals surface area contributed by atoms with Gasteiger partial charge in [0.05, 0.1) is 6.20 Å². The molecule has 0 aliphatic rings. The van der Waals surface area contributed by atoms with Crippen molar-refractivity contribution in [1.82, 2.24) is 18.9 Å². The maximum atomic E-state index is 13.7. The minimum absolute atomic E-state index is 0.0372. The van der Waals surface area contributed by atoms with Crippen LogP contribution in [0.2, 0.25) is 0 Å². The summed E-state index contributed by atoms with van der Waals surface area (Å²) in [5, 5.41) is 0. The van der Waals surface area contributed by atoms with Gasteiger partial charge in [0.2, 0.25) is 0 Å². The molecule has 20 heavy (non-hydrogen) atoms. The van der Waals surface area contributed by atoms with Gasteiger partial charge in [0.15, 0.2) is 10.5 Å². The van der Waals surface area contributed by atoms with E-state index >= 15 is 0 Å². The Hall–Kier alpha value is -2.42. The second-order valence-electron chi connectivity index (χ2n) is 3.83. The molecular weight excluding hydrogens is 290 g/mol. The first kappa shape index (κ1) is 12.6. The monoisotopic (exact) mass is 296 g/mol. The van der Waals surface area contributed by atoms with Gasteiger partial charge in [-0.05, 0) is 12.1 Å². The predicted octanol–water partition coefficient (Wildman–Crippen LogP) is 1.34. The fourth-order valence-electron chi connectivity index (χ4n) is 1.76. The van der Waals surface area contributed by atoms with E-state index in [0.29, 0.717) is 3.97 Å². The molecule has 0 aliphatic carbocycles. The van der Waals surface area contributed by atoms with Crippen LogP contribution in [0.4, 0.5) is 8.78 Å². The van der Waals surface area contributed by atoms with Crippen molar-refractivity contribution in [2.75, 3.05) is 0 Å². The number of fused-ring (bicyclic) bond motifs is 1. The molecular formula is C11H6F2N4O2S. The minimum Gasteiger partial charge on any atom is -0.242 e. The summed E-state index contributed by atoms with van der Waals surface area (Å²) in [5.74, 6) is -2.35. The topological polar surface area (TPSA) is 77.7 Å². The van der Waals surface area contributed by atoms with Crippen LogP contribution < -0.4 is 0 Å². The first-order chi connectivity index (χ1) is 9.51. The van der Waals surface area contributed by atoms with E-state index in [0.717, 1.165) is 24.5 Å². The molecule has 1 aromatic carbocycles. The fourth-order valence-corrected chi connectivity index (χ4v) is 3.14. The molecule has 6 nitrogen and oxygen atoms in total. The molecule has 0 saturated carbocycles. The van der Waals surface area contributed by atoms with Gasteiger partial charge in [-0.1, -0.05) is 6.07 Å². The highest BCUT2D eigenvalue weighted by atomic mass is 32.2. The summed E-state index contributed by atoms with van der Waals surface area (Å²) in [6.45, 7) is 0. The molecule has 0 unspecified atom stereocenters. The first-order valence-electron chi connectivity index (χ1n) is 5.34. The molecule has 0 atom stereocenters. The zero-order chi connectivity index (χ0) is 14.3. The quantitative estimate of drug-likeness (QED) is 0.713. The molecule has 0 spiro atoms. The van der Waals surface area contributed by atoms with Gasteiger partial charge in [0.25, 0.3) is 10.0 Å². The lowest BCUT2D eigenvalue weighted by atomic mass is 10.3. The van der Waals surface area contributed by atoms with Crippen molar-refractivity contribution in [3.05, 3.63) is 48.7 Å². The fraction of sp³-hybridized carbons (Fsp3) is 0. The van der Waals surface area contributed by atoms with Crippen LogP contribution in [0.3, 0.4) is 0 Å². The highest BCUT2D eigenvalue weighted by Gasteiger charge is 2.27. The maximum absolute atomic E-state index is 13.7. The summed E-state index contributed by atoms with van der Waals surface area (Å²) < 4.78 is 52.6. The van der Waals surface area contributed by atoms with Crippen molar-refractivity contribution in [3.8, 4) is 0 Å². The zero-order valence-corrected chi connectivity index (χ0v) is 10.6. The highest BCUT2D eigenvalue weighted by Crippen LogP contribution is 2.23. The molecule has 102 valence electrons.